The zero-order valence-electron chi connectivity index (χ0n) is 12.5. The number of hydrogen-bond donors (Lipinski definition) is 0. The van der Waals surface area contributed by atoms with Crippen LogP contribution in [-0.2, 0) is 19.1 Å². The highest BCUT2D eigenvalue weighted by molar-refractivity contribution is 6.01. The molecule has 1 saturated heterocycles. The number of esters is 1. The molecule has 1 aromatic carbocycles. The Morgan fingerprint density at radius 3 is 2.45 bits per heavy atom. The van der Waals surface area contributed by atoms with E-state index in [9.17, 15) is 14.4 Å². The van der Waals surface area contributed by atoms with Gasteiger partial charge in [0.2, 0.25) is 0 Å². The molecule has 118 valence electrons. The van der Waals surface area contributed by atoms with E-state index in [4.69, 9.17) is 4.74 Å². The first-order chi connectivity index (χ1) is 10.7. The van der Waals surface area contributed by atoms with Gasteiger partial charge in [-0.1, -0.05) is 0 Å². The van der Waals surface area contributed by atoms with Gasteiger partial charge >= 0.3 is 5.97 Å². The quantitative estimate of drug-likeness (QED) is 0.339. The van der Waals surface area contributed by atoms with Crippen molar-refractivity contribution >= 4 is 23.7 Å². The van der Waals surface area contributed by atoms with Gasteiger partial charge in [0.1, 0.15) is 12.2 Å². The van der Waals surface area contributed by atoms with E-state index >= 15 is 0 Å². The summed E-state index contributed by atoms with van der Waals surface area (Å²) in [6, 6.07) is 7.16. The molecule has 6 heteroatoms. The van der Waals surface area contributed by atoms with E-state index in [2.05, 4.69) is 9.64 Å². The zero-order chi connectivity index (χ0) is 15.9. The van der Waals surface area contributed by atoms with Crippen LogP contribution >= 0.6 is 0 Å². The number of ether oxygens (including phenoxy) is 2. The molecule has 0 spiro atoms. The number of anilines is 1. The van der Waals surface area contributed by atoms with Crippen molar-refractivity contribution < 1.29 is 23.9 Å². The Labute approximate surface area is 129 Å². The normalized spacial score (nSPS) is 16.0. The van der Waals surface area contributed by atoms with Crippen molar-refractivity contribution in [2.45, 2.75) is 6.42 Å². The molecule has 6 nitrogen and oxygen atoms in total. The maximum atomic E-state index is 12.1. The third-order valence-corrected chi connectivity index (χ3v) is 3.64. The third kappa shape index (κ3) is 3.92. The monoisotopic (exact) mass is 305 g/mol. The molecule has 1 fully saturated rings. The summed E-state index contributed by atoms with van der Waals surface area (Å²) in [5.74, 6) is -1.99. The van der Waals surface area contributed by atoms with Gasteiger partial charge in [0, 0.05) is 30.8 Å². The number of carbonyl (C=O) groups excluding carboxylic acids is 3. The van der Waals surface area contributed by atoms with Crippen LogP contribution in [0.1, 0.15) is 16.8 Å². The third-order valence-electron chi connectivity index (χ3n) is 3.64. The first kappa shape index (κ1) is 16.2. The Morgan fingerprint density at radius 2 is 1.91 bits per heavy atom. The number of rotatable bonds is 6. The van der Waals surface area contributed by atoms with Crippen LogP contribution in [0.2, 0.25) is 0 Å². The molecule has 0 radical (unpaired) electrons. The molecule has 1 aliphatic heterocycles. The first-order valence-electron chi connectivity index (χ1n) is 7.14. The Bertz CT molecular complexity index is 534. The summed E-state index contributed by atoms with van der Waals surface area (Å²) in [6.45, 7) is 3.04. The number of benzene rings is 1. The summed E-state index contributed by atoms with van der Waals surface area (Å²) in [5.41, 5.74) is 1.51. The van der Waals surface area contributed by atoms with Crippen LogP contribution in [0.4, 0.5) is 5.69 Å². The lowest BCUT2D eigenvalue weighted by Gasteiger charge is -2.28. The van der Waals surface area contributed by atoms with Crippen molar-refractivity contribution in [2.24, 2.45) is 5.92 Å². The van der Waals surface area contributed by atoms with E-state index in [1.807, 2.05) is 12.1 Å². The molecule has 2 rings (SSSR count). The summed E-state index contributed by atoms with van der Waals surface area (Å²) in [7, 11) is 1.19. The molecular weight excluding hydrogens is 286 g/mol. The smallest absolute Gasteiger partial charge is 0.316 e. The molecule has 1 aromatic rings. The minimum absolute atomic E-state index is 0.174. The van der Waals surface area contributed by atoms with Gasteiger partial charge < -0.3 is 19.2 Å². The fourth-order valence-corrected chi connectivity index (χ4v) is 2.34. The van der Waals surface area contributed by atoms with Crippen LogP contribution in [0.3, 0.4) is 0 Å². The van der Waals surface area contributed by atoms with Gasteiger partial charge in [0.25, 0.3) is 0 Å². The number of aldehydes is 1. The Morgan fingerprint density at radius 1 is 1.27 bits per heavy atom. The largest absolute Gasteiger partial charge is 0.468 e. The van der Waals surface area contributed by atoms with Gasteiger partial charge in [0.05, 0.1) is 20.3 Å². The van der Waals surface area contributed by atoms with Crippen LogP contribution in [0, 0.1) is 5.92 Å². The van der Waals surface area contributed by atoms with Crippen LogP contribution in [0.25, 0.3) is 0 Å². The van der Waals surface area contributed by atoms with Gasteiger partial charge in [-0.05, 0) is 24.3 Å². The van der Waals surface area contributed by atoms with Gasteiger partial charge in [-0.25, -0.2) is 0 Å². The number of hydrogen-bond acceptors (Lipinski definition) is 6. The number of carbonyl (C=O) groups is 3. The van der Waals surface area contributed by atoms with Gasteiger partial charge in [-0.15, -0.1) is 0 Å². The second-order valence-electron chi connectivity index (χ2n) is 5.04. The highest BCUT2D eigenvalue weighted by atomic mass is 16.5. The minimum atomic E-state index is -1.04. The summed E-state index contributed by atoms with van der Waals surface area (Å²) < 4.78 is 9.80. The van der Waals surface area contributed by atoms with Crippen molar-refractivity contribution in [3.05, 3.63) is 29.8 Å². The lowest BCUT2D eigenvalue weighted by molar-refractivity contribution is -0.146. The fraction of sp³-hybridized carbons (Fsp3) is 0.438. The van der Waals surface area contributed by atoms with Gasteiger partial charge in [0.15, 0.2) is 5.78 Å². The number of morpholine rings is 1. The van der Waals surface area contributed by atoms with E-state index in [1.54, 1.807) is 12.1 Å². The fourth-order valence-electron chi connectivity index (χ4n) is 2.34. The highest BCUT2D eigenvalue weighted by Crippen LogP contribution is 2.18. The van der Waals surface area contributed by atoms with Crippen LogP contribution in [-0.4, -0.2) is 51.5 Å². The lowest BCUT2D eigenvalue weighted by atomic mass is 9.99. The maximum Gasteiger partial charge on any atom is 0.316 e. The van der Waals surface area contributed by atoms with Crippen molar-refractivity contribution in [3.63, 3.8) is 0 Å². The summed E-state index contributed by atoms with van der Waals surface area (Å²) in [6.07, 6.45) is 0.277. The summed E-state index contributed by atoms with van der Waals surface area (Å²) in [4.78, 5) is 36.5. The molecule has 0 aromatic heterocycles. The number of ketones is 1. The number of nitrogens with zero attached hydrogens (tertiary/aromatic N) is 1. The first-order valence-corrected chi connectivity index (χ1v) is 7.14. The molecule has 0 amide bonds. The van der Waals surface area contributed by atoms with Gasteiger partial charge in [-0.2, -0.15) is 0 Å². The molecule has 1 aliphatic rings. The second-order valence-corrected chi connectivity index (χ2v) is 5.04. The highest BCUT2D eigenvalue weighted by Gasteiger charge is 2.22. The standard InChI is InChI=1S/C16H19NO5/c1-21-16(20)13(11-18)10-15(19)12-2-4-14(5-3-12)17-6-8-22-9-7-17/h2-5,11,13H,6-10H2,1H3. The van der Waals surface area contributed by atoms with Crippen molar-refractivity contribution in [1.29, 1.82) is 0 Å². The Kier molecular flexibility index (Phi) is 5.66. The topological polar surface area (TPSA) is 72.9 Å². The predicted molar refractivity (Wildman–Crippen MR) is 80.0 cm³/mol. The number of methoxy groups -OCH3 is 1. The minimum Gasteiger partial charge on any atom is -0.468 e. The average Bonchev–Trinajstić information content (AvgIpc) is 2.59. The summed E-state index contributed by atoms with van der Waals surface area (Å²) in [5, 5.41) is 0. The van der Waals surface area contributed by atoms with Crippen LogP contribution in [0.5, 0.6) is 0 Å². The van der Waals surface area contributed by atoms with E-state index in [1.165, 1.54) is 7.11 Å². The van der Waals surface area contributed by atoms with Gasteiger partial charge in [-0.3, -0.25) is 9.59 Å². The average molecular weight is 305 g/mol. The molecule has 1 heterocycles. The number of Topliss-reactive ketones (excluding diaryl/α,β-unsaturated/α-hetero) is 1. The van der Waals surface area contributed by atoms with Crippen LogP contribution < -0.4 is 4.90 Å². The van der Waals surface area contributed by atoms with E-state index in [0.717, 1.165) is 18.8 Å². The van der Waals surface area contributed by atoms with Crippen molar-refractivity contribution in [3.8, 4) is 0 Å². The van der Waals surface area contributed by atoms with E-state index < -0.39 is 11.9 Å². The predicted octanol–water partition coefficient (Wildman–Crippen LogP) is 1.08. The van der Waals surface area contributed by atoms with Crippen molar-refractivity contribution in [2.75, 3.05) is 38.3 Å². The Hall–Kier alpha value is -2.21. The molecule has 0 N–H and O–H groups in total. The molecule has 0 bridgehead atoms. The second kappa shape index (κ2) is 7.70. The summed E-state index contributed by atoms with van der Waals surface area (Å²) >= 11 is 0. The molecule has 22 heavy (non-hydrogen) atoms. The van der Waals surface area contributed by atoms with E-state index in [-0.39, 0.29) is 12.2 Å². The molecule has 1 atom stereocenters. The van der Waals surface area contributed by atoms with E-state index in [0.29, 0.717) is 25.1 Å². The van der Waals surface area contributed by atoms with Crippen LogP contribution in [0.15, 0.2) is 24.3 Å². The Balaban J connectivity index is 2.01. The molecule has 0 aliphatic carbocycles. The maximum absolute atomic E-state index is 12.1. The zero-order valence-corrected chi connectivity index (χ0v) is 12.5. The molecule has 1 unspecified atom stereocenters. The van der Waals surface area contributed by atoms with Crippen molar-refractivity contribution in [1.82, 2.24) is 0 Å². The SMILES string of the molecule is COC(=O)C(C=O)CC(=O)c1ccc(N2CCOCC2)cc1. The molecular formula is C16H19NO5. The lowest BCUT2D eigenvalue weighted by Crippen LogP contribution is -2.36. The molecule has 0 saturated carbocycles.